The zero-order valence-corrected chi connectivity index (χ0v) is 13.1. The fourth-order valence-electron chi connectivity index (χ4n) is 2.39. The molecule has 1 N–H and O–H groups in total. The van der Waals surface area contributed by atoms with Crippen molar-refractivity contribution >= 4 is 15.7 Å². The summed E-state index contributed by atoms with van der Waals surface area (Å²) in [7, 11) is -3.00. The number of aryl methyl sites for hydroxylation is 1. The molecule has 0 radical (unpaired) electrons. The normalized spacial score (nSPS) is 19.6. The van der Waals surface area contributed by atoms with Crippen molar-refractivity contribution in [2.45, 2.75) is 25.3 Å². The van der Waals surface area contributed by atoms with Crippen LogP contribution in [0.5, 0.6) is 0 Å². The molecule has 1 atom stereocenters. The Hall–Kier alpha value is -2.29. The van der Waals surface area contributed by atoms with E-state index in [-0.39, 0.29) is 29.9 Å². The van der Waals surface area contributed by atoms with Crippen LogP contribution in [0.25, 0.3) is 11.5 Å². The van der Waals surface area contributed by atoms with Gasteiger partial charge in [0.05, 0.1) is 17.1 Å². The van der Waals surface area contributed by atoms with Crippen molar-refractivity contribution in [2.75, 3.05) is 11.5 Å². The van der Waals surface area contributed by atoms with Gasteiger partial charge < -0.3 is 9.73 Å². The minimum atomic E-state index is -3.00. The summed E-state index contributed by atoms with van der Waals surface area (Å²) in [5.41, 5.74) is 0.715. The van der Waals surface area contributed by atoms with Crippen molar-refractivity contribution in [3.63, 3.8) is 0 Å². The maximum Gasteiger partial charge on any atom is 0.249 e. The monoisotopic (exact) mass is 336 g/mol. The number of sulfone groups is 1. The van der Waals surface area contributed by atoms with E-state index in [9.17, 15) is 13.2 Å². The van der Waals surface area contributed by atoms with E-state index in [2.05, 4.69) is 20.5 Å². The number of aromatic nitrogens is 3. The maximum absolute atomic E-state index is 11.9. The fraction of sp³-hybridized carbons (Fsp3) is 0.429. The summed E-state index contributed by atoms with van der Waals surface area (Å²) in [5, 5.41) is 10.5. The number of nitrogens with one attached hydrogen (secondary N) is 1. The van der Waals surface area contributed by atoms with Crippen molar-refractivity contribution in [1.82, 2.24) is 20.5 Å². The van der Waals surface area contributed by atoms with E-state index in [4.69, 9.17) is 4.42 Å². The number of hydrogen-bond acceptors (Lipinski definition) is 7. The van der Waals surface area contributed by atoms with Gasteiger partial charge in [-0.3, -0.25) is 9.78 Å². The third-order valence-corrected chi connectivity index (χ3v) is 5.31. The standard InChI is InChI=1S/C14H16N4O4S/c19-12(16-11-5-7-23(20,21)9-11)3-4-13-17-18-14(22-13)10-2-1-6-15-8-10/h1-2,6,8,11H,3-5,7,9H2,(H,16,19). The third kappa shape index (κ3) is 4.13. The van der Waals surface area contributed by atoms with E-state index >= 15 is 0 Å². The zero-order chi connectivity index (χ0) is 16.3. The molecule has 0 aliphatic carbocycles. The number of nitrogens with zero attached hydrogens (tertiary/aromatic N) is 3. The second-order valence-corrected chi connectivity index (χ2v) is 7.64. The minimum Gasteiger partial charge on any atom is -0.421 e. The van der Waals surface area contributed by atoms with Gasteiger partial charge in [-0.15, -0.1) is 10.2 Å². The molecule has 3 heterocycles. The van der Waals surface area contributed by atoms with Crippen LogP contribution < -0.4 is 5.32 Å². The van der Waals surface area contributed by atoms with E-state index in [0.29, 0.717) is 30.2 Å². The Morgan fingerprint density at radius 3 is 2.96 bits per heavy atom. The molecular formula is C14H16N4O4S. The summed E-state index contributed by atoms with van der Waals surface area (Å²) >= 11 is 0. The lowest BCUT2D eigenvalue weighted by Crippen LogP contribution is -2.35. The van der Waals surface area contributed by atoms with E-state index < -0.39 is 9.84 Å². The number of amides is 1. The molecule has 8 nitrogen and oxygen atoms in total. The highest BCUT2D eigenvalue weighted by atomic mass is 32.2. The first-order valence-corrected chi connectivity index (χ1v) is 9.06. The number of carbonyl (C=O) groups excluding carboxylic acids is 1. The van der Waals surface area contributed by atoms with Crippen LogP contribution >= 0.6 is 0 Å². The fourth-order valence-corrected chi connectivity index (χ4v) is 4.06. The molecule has 3 rings (SSSR count). The summed E-state index contributed by atoms with van der Waals surface area (Å²) < 4.78 is 28.2. The average Bonchev–Trinajstić information content (AvgIpc) is 3.13. The van der Waals surface area contributed by atoms with Crippen molar-refractivity contribution in [2.24, 2.45) is 0 Å². The summed E-state index contributed by atoms with van der Waals surface area (Å²) in [6.45, 7) is 0. The summed E-state index contributed by atoms with van der Waals surface area (Å²) in [4.78, 5) is 15.8. The molecular weight excluding hydrogens is 320 g/mol. The minimum absolute atomic E-state index is 0.0183. The Bertz CT molecular complexity index is 788. The Balaban J connectivity index is 1.51. The summed E-state index contributed by atoms with van der Waals surface area (Å²) in [6.07, 6.45) is 4.21. The van der Waals surface area contributed by atoms with E-state index in [1.54, 1.807) is 24.5 Å². The number of pyridine rings is 1. The molecule has 0 spiro atoms. The van der Waals surface area contributed by atoms with Crippen LogP contribution in [-0.2, 0) is 21.1 Å². The topological polar surface area (TPSA) is 115 Å². The van der Waals surface area contributed by atoms with Gasteiger partial charge in [0.25, 0.3) is 0 Å². The largest absolute Gasteiger partial charge is 0.421 e. The SMILES string of the molecule is O=C(CCc1nnc(-c2cccnc2)o1)NC1CCS(=O)(=O)C1. The first-order valence-electron chi connectivity index (χ1n) is 7.24. The van der Waals surface area contributed by atoms with Gasteiger partial charge in [0.1, 0.15) is 0 Å². The molecule has 2 aromatic heterocycles. The predicted molar refractivity (Wildman–Crippen MR) is 81.1 cm³/mol. The van der Waals surface area contributed by atoms with Gasteiger partial charge in [-0.2, -0.15) is 0 Å². The lowest BCUT2D eigenvalue weighted by molar-refractivity contribution is -0.121. The van der Waals surface area contributed by atoms with Gasteiger partial charge in [-0.05, 0) is 18.6 Å². The van der Waals surface area contributed by atoms with Crippen LogP contribution in [0.4, 0.5) is 0 Å². The summed E-state index contributed by atoms with van der Waals surface area (Å²) in [6, 6.07) is 3.28. The smallest absolute Gasteiger partial charge is 0.249 e. The average molecular weight is 336 g/mol. The molecule has 2 aromatic rings. The molecule has 0 saturated carbocycles. The van der Waals surface area contributed by atoms with Crippen molar-refractivity contribution in [3.8, 4) is 11.5 Å². The molecule has 1 fully saturated rings. The van der Waals surface area contributed by atoms with Gasteiger partial charge >= 0.3 is 0 Å². The molecule has 9 heteroatoms. The quantitative estimate of drug-likeness (QED) is 0.838. The van der Waals surface area contributed by atoms with Crippen molar-refractivity contribution in [3.05, 3.63) is 30.4 Å². The van der Waals surface area contributed by atoms with Gasteiger partial charge in [0.15, 0.2) is 9.84 Å². The Morgan fingerprint density at radius 1 is 1.39 bits per heavy atom. The van der Waals surface area contributed by atoms with E-state index in [1.807, 2.05) is 0 Å². The highest BCUT2D eigenvalue weighted by Gasteiger charge is 2.28. The van der Waals surface area contributed by atoms with Crippen LogP contribution in [0.2, 0.25) is 0 Å². The molecule has 0 aromatic carbocycles. The van der Waals surface area contributed by atoms with E-state index in [1.165, 1.54) is 0 Å². The first kappa shape index (κ1) is 15.6. The van der Waals surface area contributed by atoms with Gasteiger partial charge in [-0.25, -0.2) is 8.42 Å². The molecule has 1 aliphatic heterocycles. The molecule has 1 saturated heterocycles. The molecule has 0 bridgehead atoms. The second kappa shape index (κ2) is 6.45. The van der Waals surface area contributed by atoms with Crippen LogP contribution in [0, 0.1) is 0 Å². The van der Waals surface area contributed by atoms with Crippen molar-refractivity contribution in [1.29, 1.82) is 0 Å². The van der Waals surface area contributed by atoms with Crippen LogP contribution in [-0.4, -0.2) is 47.1 Å². The lowest BCUT2D eigenvalue weighted by atomic mass is 10.2. The number of hydrogen-bond donors (Lipinski definition) is 1. The Kier molecular flexibility index (Phi) is 4.37. The molecule has 1 aliphatic rings. The number of carbonyl (C=O) groups is 1. The van der Waals surface area contributed by atoms with E-state index in [0.717, 1.165) is 0 Å². The van der Waals surface area contributed by atoms with Crippen molar-refractivity contribution < 1.29 is 17.6 Å². The Morgan fingerprint density at radius 2 is 2.26 bits per heavy atom. The maximum atomic E-state index is 11.9. The van der Waals surface area contributed by atoms with Gasteiger partial charge in [-0.1, -0.05) is 0 Å². The highest BCUT2D eigenvalue weighted by Crippen LogP contribution is 2.16. The molecule has 122 valence electrons. The lowest BCUT2D eigenvalue weighted by Gasteiger charge is -2.09. The molecule has 23 heavy (non-hydrogen) atoms. The predicted octanol–water partition coefficient (Wildman–Crippen LogP) is 0.367. The van der Waals surface area contributed by atoms with Gasteiger partial charge in [0.2, 0.25) is 17.7 Å². The Labute approximate surface area is 133 Å². The highest BCUT2D eigenvalue weighted by molar-refractivity contribution is 7.91. The third-order valence-electron chi connectivity index (χ3n) is 3.54. The van der Waals surface area contributed by atoms with Crippen LogP contribution in [0.1, 0.15) is 18.7 Å². The molecule has 1 unspecified atom stereocenters. The molecule has 1 amide bonds. The van der Waals surface area contributed by atoms with Crippen LogP contribution in [0.3, 0.4) is 0 Å². The van der Waals surface area contributed by atoms with Crippen LogP contribution in [0.15, 0.2) is 28.9 Å². The zero-order valence-electron chi connectivity index (χ0n) is 12.3. The number of rotatable bonds is 5. The summed E-state index contributed by atoms with van der Waals surface area (Å²) in [5.74, 6) is 0.655. The second-order valence-electron chi connectivity index (χ2n) is 5.41. The first-order chi connectivity index (χ1) is 11.0. The van der Waals surface area contributed by atoms with Gasteiger partial charge in [0, 0.05) is 31.3 Å².